The van der Waals surface area contributed by atoms with Gasteiger partial charge in [0.25, 0.3) is 0 Å². The van der Waals surface area contributed by atoms with Gasteiger partial charge in [0.05, 0.1) is 18.3 Å². The van der Waals surface area contributed by atoms with Crippen LogP contribution in [-0.4, -0.2) is 33.6 Å². The summed E-state index contributed by atoms with van der Waals surface area (Å²) in [6.07, 6.45) is 12.5. The fourth-order valence-corrected chi connectivity index (χ4v) is 6.09. The molecule has 3 fully saturated rings. The third-order valence-corrected chi connectivity index (χ3v) is 7.73. The van der Waals surface area contributed by atoms with Crippen LogP contribution < -0.4 is 0 Å². The fourth-order valence-electron chi connectivity index (χ4n) is 6.09. The van der Waals surface area contributed by atoms with Crippen LogP contribution in [0.2, 0.25) is 0 Å². The average molecular weight is 325 g/mol. The summed E-state index contributed by atoms with van der Waals surface area (Å²) in [5.41, 5.74) is 0.334. The molecular weight excluding hydrogens is 288 g/mol. The smallest absolute Gasteiger partial charge is 0.0540 e. The Morgan fingerprint density at radius 1 is 0.478 bits per heavy atom. The molecule has 0 atom stereocenters. The number of hydrogen-bond donors (Lipinski definition) is 3. The van der Waals surface area contributed by atoms with E-state index < -0.39 is 0 Å². The summed E-state index contributed by atoms with van der Waals surface area (Å²) in [4.78, 5) is 0. The number of aliphatic hydroxyl groups excluding tert-OH is 3. The molecule has 3 aliphatic carbocycles. The van der Waals surface area contributed by atoms with Gasteiger partial charge in [-0.05, 0) is 100 Å². The molecule has 0 aromatic heterocycles. The van der Waals surface area contributed by atoms with Crippen LogP contribution in [-0.2, 0) is 0 Å². The molecule has 0 unspecified atom stereocenters. The molecule has 3 nitrogen and oxygen atoms in total. The second-order valence-electron chi connectivity index (χ2n) is 8.88. The first-order valence-electron chi connectivity index (χ1n) is 10.0. The molecule has 0 saturated heterocycles. The van der Waals surface area contributed by atoms with Crippen molar-refractivity contribution in [3.05, 3.63) is 0 Å². The van der Waals surface area contributed by atoms with Crippen LogP contribution in [0.4, 0.5) is 0 Å². The zero-order valence-corrected chi connectivity index (χ0v) is 14.8. The number of aliphatic hydroxyl groups is 3. The van der Waals surface area contributed by atoms with Gasteiger partial charge in [-0.1, -0.05) is 6.92 Å². The molecule has 3 rings (SSSR count). The van der Waals surface area contributed by atoms with Crippen LogP contribution in [0.1, 0.15) is 84.0 Å². The Morgan fingerprint density at radius 3 is 0.913 bits per heavy atom. The van der Waals surface area contributed by atoms with Crippen molar-refractivity contribution in [3.8, 4) is 0 Å². The Balaban J connectivity index is 1.77. The average Bonchev–Trinajstić information content (AvgIpc) is 2.56. The first kappa shape index (κ1) is 17.7. The lowest BCUT2D eigenvalue weighted by Gasteiger charge is -2.54. The van der Waals surface area contributed by atoms with Gasteiger partial charge in [0.1, 0.15) is 0 Å². The summed E-state index contributed by atoms with van der Waals surface area (Å²) >= 11 is 0. The summed E-state index contributed by atoms with van der Waals surface area (Å²) in [6, 6.07) is 0. The number of hydrogen-bond acceptors (Lipinski definition) is 3. The van der Waals surface area contributed by atoms with Crippen molar-refractivity contribution in [2.24, 2.45) is 23.2 Å². The summed E-state index contributed by atoms with van der Waals surface area (Å²) in [6.45, 7) is 2.53. The Labute approximate surface area is 141 Å². The molecule has 0 bridgehead atoms. The number of rotatable bonds is 3. The van der Waals surface area contributed by atoms with E-state index in [1.54, 1.807) is 0 Å². The van der Waals surface area contributed by atoms with Crippen LogP contribution in [0, 0.1) is 23.2 Å². The Hall–Kier alpha value is -0.120. The molecule has 3 saturated carbocycles. The van der Waals surface area contributed by atoms with Gasteiger partial charge < -0.3 is 15.3 Å². The van der Waals surface area contributed by atoms with Crippen molar-refractivity contribution in [3.63, 3.8) is 0 Å². The van der Waals surface area contributed by atoms with Crippen LogP contribution in [0.25, 0.3) is 0 Å². The van der Waals surface area contributed by atoms with Gasteiger partial charge in [-0.3, -0.25) is 0 Å². The lowest BCUT2D eigenvalue weighted by Crippen LogP contribution is -2.47. The Morgan fingerprint density at radius 2 is 0.696 bits per heavy atom. The first-order chi connectivity index (χ1) is 11.0. The van der Waals surface area contributed by atoms with Crippen LogP contribution in [0.15, 0.2) is 0 Å². The highest BCUT2D eigenvalue weighted by atomic mass is 16.3. The molecule has 0 aromatic rings. The highest BCUT2D eigenvalue weighted by Crippen LogP contribution is 2.56. The minimum absolute atomic E-state index is 0.0862. The maximum absolute atomic E-state index is 9.92. The predicted molar refractivity (Wildman–Crippen MR) is 92.0 cm³/mol. The zero-order chi connectivity index (χ0) is 16.4. The summed E-state index contributed by atoms with van der Waals surface area (Å²) in [5, 5.41) is 29.8. The standard InChI is InChI=1S/C20H36O3/c1-20(14-2-8-17(21)9-3-14,15-4-10-18(22)11-5-15)16-6-12-19(23)13-7-16/h14-19,21-23H,2-13H2,1H3. The van der Waals surface area contributed by atoms with Gasteiger partial charge in [-0.15, -0.1) is 0 Å². The normalized spacial score (nSPS) is 45.4. The van der Waals surface area contributed by atoms with E-state index in [1.165, 1.54) is 0 Å². The van der Waals surface area contributed by atoms with Crippen molar-refractivity contribution in [2.75, 3.05) is 0 Å². The van der Waals surface area contributed by atoms with Gasteiger partial charge in [-0.2, -0.15) is 0 Å². The molecule has 3 aliphatic rings. The van der Waals surface area contributed by atoms with Gasteiger partial charge >= 0.3 is 0 Å². The van der Waals surface area contributed by atoms with E-state index in [9.17, 15) is 15.3 Å². The molecule has 0 aliphatic heterocycles. The summed E-state index contributed by atoms with van der Waals surface area (Å²) < 4.78 is 0. The van der Waals surface area contributed by atoms with Gasteiger partial charge in [0, 0.05) is 0 Å². The maximum Gasteiger partial charge on any atom is 0.0540 e. The largest absolute Gasteiger partial charge is 0.393 e. The van der Waals surface area contributed by atoms with E-state index in [1.807, 2.05) is 0 Å². The Bertz CT molecular complexity index is 304. The fraction of sp³-hybridized carbons (Fsp3) is 1.00. The maximum atomic E-state index is 9.92. The summed E-state index contributed by atoms with van der Waals surface area (Å²) in [5.74, 6) is 2.14. The molecule has 3 N–H and O–H groups in total. The molecule has 134 valence electrons. The van der Waals surface area contributed by atoms with Crippen molar-refractivity contribution < 1.29 is 15.3 Å². The molecule has 0 heterocycles. The van der Waals surface area contributed by atoms with E-state index in [2.05, 4.69) is 6.92 Å². The van der Waals surface area contributed by atoms with Crippen molar-refractivity contribution in [2.45, 2.75) is 102 Å². The van der Waals surface area contributed by atoms with Crippen LogP contribution in [0.3, 0.4) is 0 Å². The topological polar surface area (TPSA) is 60.7 Å². The van der Waals surface area contributed by atoms with E-state index >= 15 is 0 Å². The third kappa shape index (κ3) is 3.77. The predicted octanol–water partition coefficient (Wildman–Crippen LogP) is 3.65. The molecule has 0 aromatic carbocycles. The summed E-state index contributed by atoms with van der Waals surface area (Å²) in [7, 11) is 0. The minimum Gasteiger partial charge on any atom is -0.393 e. The third-order valence-electron chi connectivity index (χ3n) is 7.73. The van der Waals surface area contributed by atoms with Crippen LogP contribution >= 0.6 is 0 Å². The van der Waals surface area contributed by atoms with Gasteiger partial charge in [-0.25, -0.2) is 0 Å². The van der Waals surface area contributed by atoms with Gasteiger partial charge in [0.2, 0.25) is 0 Å². The molecule has 23 heavy (non-hydrogen) atoms. The minimum atomic E-state index is -0.0862. The highest BCUT2D eigenvalue weighted by molar-refractivity contribution is 4.98. The van der Waals surface area contributed by atoms with Crippen molar-refractivity contribution >= 4 is 0 Å². The Kier molecular flexibility index (Phi) is 5.70. The van der Waals surface area contributed by atoms with E-state index in [0.29, 0.717) is 23.2 Å². The molecule has 0 spiro atoms. The lowest BCUT2D eigenvalue weighted by atomic mass is 9.52. The first-order valence-corrected chi connectivity index (χ1v) is 10.0. The van der Waals surface area contributed by atoms with Crippen molar-refractivity contribution in [1.29, 1.82) is 0 Å². The van der Waals surface area contributed by atoms with Crippen molar-refractivity contribution in [1.82, 2.24) is 0 Å². The monoisotopic (exact) mass is 324 g/mol. The molecule has 0 amide bonds. The zero-order valence-electron chi connectivity index (χ0n) is 14.8. The lowest BCUT2D eigenvalue weighted by molar-refractivity contribution is -0.0673. The van der Waals surface area contributed by atoms with E-state index in [0.717, 1.165) is 77.0 Å². The molecule has 0 radical (unpaired) electrons. The van der Waals surface area contributed by atoms with E-state index in [4.69, 9.17) is 0 Å². The highest BCUT2D eigenvalue weighted by Gasteiger charge is 2.48. The SMILES string of the molecule is CC(C1CCC(O)CC1)(C1CCC(O)CC1)C1CCC(O)CC1. The molecular formula is C20H36O3. The molecule has 3 heteroatoms. The second kappa shape index (κ2) is 7.41. The van der Waals surface area contributed by atoms with E-state index in [-0.39, 0.29) is 18.3 Å². The second-order valence-corrected chi connectivity index (χ2v) is 8.88. The van der Waals surface area contributed by atoms with Crippen LogP contribution in [0.5, 0.6) is 0 Å². The van der Waals surface area contributed by atoms with Gasteiger partial charge in [0.15, 0.2) is 0 Å². The quantitative estimate of drug-likeness (QED) is 0.742.